The average molecular weight is 379 g/mol. The molecule has 1 aromatic carbocycles. The van der Waals surface area contributed by atoms with Crippen LogP contribution in [0.25, 0.3) is 0 Å². The highest BCUT2D eigenvalue weighted by Crippen LogP contribution is 2.26. The molecule has 0 radical (unpaired) electrons. The number of hydrogen-bond donors (Lipinski definition) is 1. The second kappa shape index (κ2) is 7.49. The number of aromatic nitrogens is 1. The van der Waals surface area contributed by atoms with E-state index in [2.05, 4.69) is 31.2 Å². The maximum absolute atomic E-state index is 12.2. The Labute approximate surface area is 154 Å². The first kappa shape index (κ1) is 20.0. The van der Waals surface area contributed by atoms with Crippen LogP contribution < -0.4 is 9.62 Å². The van der Waals surface area contributed by atoms with E-state index in [1.807, 2.05) is 12.1 Å². The molecule has 0 aliphatic heterocycles. The normalized spacial score (nSPS) is 12.0. The Kier molecular flexibility index (Phi) is 5.75. The predicted octanol–water partition coefficient (Wildman–Crippen LogP) is 3.08. The van der Waals surface area contributed by atoms with Crippen molar-refractivity contribution in [3.05, 3.63) is 41.7 Å². The van der Waals surface area contributed by atoms with Crippen molar-refractivity contribution in [3.63, 3.8) is 0 Å². The first-order valence-corrected chi connectivity index (χ1v) is 10.1. The Morgan fingerprint density at radius 3 is 2.31 bits per heavy atom. The van der Waals surface area contributed by atoms with Crippen LogP contribution in [-0.2, 0) is 20.2 Å². The molecule has 0 saturated carbocycles. The summed E-state index contributed by atoms with van der Waals surface area (Å²) in [5, 5.41) is 6.27. The smallest absolute Gasteiger partial charge is 0.232 e. The zero-order valence-electron chi connectivity index (χ0n) is 15.7. The Morgan fingerprint density at radius 2 is 1.85 bits per heavy atom. The fourth-order valence-electron chi connectivity index (χ4n) is 2.45. The molecule has 7 nitrogen and oxygen atoms in total. The maximum atomic E-state index is 12.2. The van der Waals surface area contributed by atoms with Gasteiger partial charge in [0, 0.05) is 19.0 Å². The zero-order chi connectivity index (χ0) is 19.5. The van der Waals surface area contributed by atoms with Gasteiger partial charge in [-0.25, -0.2) is 8.42 Å². The monoisotopic (exact) mass is 379 g/mol. The Balaban J connectivity index is 2.09. The minimum Gasteiger partial charge on any atom is -0.360 e. The van der Waals surface area contributed by atoms with Crippen molar-refractivity contribution < 1.29 is 17.7 Å². The fourth-order valence-corrected chi connectivity index (χ4v) is 3.38. The minimum absolute atomic E-state index is 0.000000118. The summed E-state index contributed by atoms with van der Waals surface area (Å²) >= 11 is 0. The van der Waals surface area contributed by atoms with Crippen LogP contribution in [0.5, 0.6) is 0 Å². The Bertz CT molecular complexity index is 865. The van der Waals surface area contributed by atoms with Gasteiger partial charge in [-0.3, -0.25) is 9.10 Å². The van der Waals surface area contributed by atoms with Gasteiger partial charge in [0.2, 0.25) is 15.9 Å². The van der Waals surface area contributed by atoms with E-state index in [-0.39, 0.29) is 24.3 Å². The van der Waals surface area contributed by atoms with Gasteiger partial charge in [-0.15, -0.1) is 0 Å². The summed E-state index contributed by atoms with van der Waals surface area (Å²) in [6, 6.07) is 8.94. The van der Waals surface area contributed by atoms with E-state index in [0.29, 0.717) is 17.3 Å². The third-order valence-corrected chi connectivity index (χ3v) is 5.05. The lowest BCUT2D eigenvalue weighted by molar-refractivity contribution is -0.116. The molecule has 0 atom stereocenters. The first-order chi connectivity index (χ1) is 12.0. The van der Waals surface area contributed by atoms with E-state index >= 15 is 0 Å². The summed E-state index contributed by atoms with van der Waals surface area (Å²) in [6.45, 7) is 8.02. The van der Waals surface area contributed by atoms with Crippen molar-refractivity contribution in [3.8, 4) is 0 Å². The van der Waals surface area contributed by atoms with Crippen molar-refractivity contribution in [2.45, 2.75) is 39.5 Å². The van der Waals surface area contributed by atoms with Gasteiger partial charge in [0.05, 0.1) is 11.9 Å². The lowest BCUT2D eigenvalue weighted by atomic mass is 9.87. The third kappa shape index (κ3) is 5.32. The molecule has 1 heterocycles. The highest BCUT2D eigenvalue weighted by Gasteiger charge is 2.20. The number of amides is 1. The SMILES string of the molecule is Cc1cc(NC(=O)CCN(c2ccc(C(C)(C)C)cc2)S(C)(=O)=O)no1. The summed E-state index contributed by atoms with van der Waals surface area (Å²) < 4.78 is 30.4. The average Bonchev–Trinajstić information content (AvgIpc) is 2.90. The molecule has 8 heteroatoms. The van der Waals surface area contributed by atoms with Crippen LogP contribution in [0.4, 0.5) is 11.5 Å². The molecule has 26 heavy (non-hydrogen) atoms. The van der Waals surface area contributed by atoms with Crippen molar-refractivity contribution in [2.24, 2.45) is 0 Å². The summed E-state index contributed by atoms with van der Waals surface area (Å²) in [7, 11) is -3.51. The number of anilines is 2. The molecule has 1 amide bonds. The van der Waals surface area contributed by atoms with Gasteiger partial charge in [0.25, 0.3) is 0 Å². The van der Waals surface area contributed by atoms with Gasteiger partial charge >= 0.3 is 0 Å². The minimum atomic E-state index is -3.51. The number of nitrogens with one attached hydrogen (secondary N) is 1. The van der Waals surface area contributed by atoms with Crippen LogP contribution in [-0.4, -0.2) is 32.3 Å². The van der Waals surface area contributed by atoms with E-state index in [1.54, 1.807) is 25.1 Å². The number of carbonyl (C=O) groups is 1. The number of rotatable bonds is 6. The van der Waals surface area contributed by atoms with E-state index in [0.717, 1.165) is 11.8 Å². The summed E-state index contributed by atoms with van der Waals surface area (Å²) in [4.78, 5) is 12.1. The second-order valence-corrected chi connectivity index (χ2v) is 9.16. The highest BCUT2D eigenvalue weighted by atomic mass is 32.2. The fraction of sp³-hybridized carbons (Fsp3) is 0.444. The highest BCUT2D eigenvalue weighted by molar-refractivity contribution is 7.92. The molecule has 1 N–H and O–H groups in total. The van der Waals surface area contributed by atoms with Crippen molar-refractivity contribution >= 4 is 27.4 Å². The van der Waals surface area contributed by atoms with Crippen LogP contribution >= 0.6 is 0 Å². The van der Waals surface area contributed by atoms with Crippen molar-refractivity contribution in [1.82, 2.24) is 5.16 Å². The van der Waals surface area contributed by atoms with Crippen LogP contribution in [0.15, 0.2) is 34.9 Å². The number of carbonyl (C=O) groups excluding carboxylic acids is 1. The van der Waals surface area contributed by atoms with Gasteiger partial charge in [-0.05, 0) is 30.0 Å². The summed E-state index contributed by atoms with van der Waals surface area (Å²) in [5.74, 6) is 0.559. The molecule has 0 aliphatic carbocycles. The van der Waals surface area contributed by atoms with Gasteiger partial charge in [0.15, 0.2) is 5.82 Å². The van der Waals surface area contributed by atoms with Gasteiger partial charge in [-0.1, -0.05) is 38.1 Å². The molecule has 0 fully saturated rings. The number of nitrogens with zero attached hydrogens (tertiary/aromatic N) is 2. The molecule has 0 bridgehead atoms. The van der Waals surface area contributed by atoms with Gasteiger partial charge < -0.3 is 9.84 Å². The molecule has 2 rings (SSSR count). The maximum Gasteiger partial charge on any atom is 0.232 e. The molecule has 0 unspecified atom stereocenters. The number of benzene rings is 1. The zero-order valence-corrected chi connectivity index (χ0v) is 16.6. The number of sulfonamides is 1. The van der Waals surface area contributed by atoms with Crippen molar-refractivity contribution in [2.75, 3.05) is 22.4 Å². The van der Waals surface area contributed by atoms with Crippen LogP contribution in [0, 0.1) is 6.92 Å². The van der Waals surface area contributed by atoms with E-state index in [4.69, 9.17) is 4.52 Å². The standard InChI is InChI=1S/C18H25N3O4S/c1-13-12-16(20-25-13)19-17(22)10-11-21(26(5,23)24)15-8-6-14(7-9-15)18(2,3)4/h6-9,12H,10-11H2,1-5H3,(H,19,20,22). The lowest BCUT2D eigenvalue weighted by Gasteiger charge is -2.24. The van der Waals surface area contributed by atoms with Crippen LogP contribution in [0.2, 0.25) is 0 Å². The van der Waals surface area contributed by atoms with Crippen LogP contribution in [0.3, 0.4) is 0 Å². The quantitative estimate of drug-likeness (QED) is 0.833. The largest absolute Gasteiger partial charge is 0.360 e. The molecule has 2 aromatic rings. The third-order valence-electron chi connectivity index (χ3n) is 3.86. The molecule has 0 aliphatic rings. The molecule has 142 valence electrons. The Hall–Kier alpha value is -2.35. The first-order valence-electron chi connectivity index (χ1n) is 8.28. The van der Waals surface area contributed by atoms with Crippen molar-refractivity contribution in [1.29, 1.82) is 0 Å². The van der Waals surface area contributed by atoms with Gasteiger partial charge in [-0.2, -0.15) is 0 Å². The predicted molar refractivity (Wildman–Crippen MR) is 102 cm³/mol. The summed E-state index contributed by atoms with van der Waals surface area (Å²) in [5.41, 5.74) is 1.61. The number of aryl methyl sites for hydroxylation is 1. The number of hydrogen-bond acceptors (Lipinski definition) is 5. The summed E-state index contributed by atoms with van der Waals surface area (Å²) in [6.07, 6.45) is 1.13. The van der Waals surface area contributed by atoms with Gasteiger partial charge in [0.1, 0.15) is 5.76 Å². The molecular weight excluding hydrogens is 354 g/mol. The van der Waals surface area contributed by atoms with E-state index in [9.17, 15) is 13.2 Å². The Morgan fingerprint density at radius 1 is 1.23 bits per heavy atom. The van der Waals surface area contributed by atoms with E-state index < -0.39 is 10.0 Å². The molecular formula is C18H25N3O4S. The second-order valence-electron chi connectivity index (χ2n) is 7.25. The molecule has 0 saturated heterocycles. The topological polar surface area (TPSA) is 92.5 Å². The van der Waals surface area contributed by atoms with E-state index in [1.165, 1.54) is 4.31 Å². The molecule has 0 spiro atoms. The van der Waals surface area contributed by atoms with Crippen LogP contribution in [0.1, 0.15) is 38.5 Å². The molecule has 1 aromatic heterocycles. The lowest BCUT2D eigenvalue weighted by Crippen LogP contribution is -2.33.